The molecule has 0 bridgehead atoms. The Hall–Kier alpha value is -0.830. The highest BCUT2D eigenvalue weighted by molar-refractivity contribution is 5.87. The maximum Gasteiger partial charge on any atom is 0.334 e. The second kappa shape index (κ2) is 7.56. The molecule has 0 aromatic rings. The summed E-state index contributed by atoms with van der Waals surface area (Å²) in [6.07, 6.45) is 2.84. The van der Waals surface area contributed by atoms with Crippen molar-refractivity contribution in [1.82, 2.24) is 5.32 Å². The highest BCUT2D eigenvalue weighted by Gasteiger charge is 2.11. The molecule has 0 heterocycles. The van der Waals surface area contributed by atoms with Crippen LogP contribution in [0.2, 0.25) is 0 Å². The highest BCUT2D eigenvalue weighted by atomic mass is 16.6. The van der Waals surface area contributed by atoms with E-state index in [0.29, 0.717) is 5.57 Å². The van der Waals surface area contributed by atoms with Gasteiger partial charge >= 0.3 is 5.97 Å². The zero-order chi connectivity index (χ0) is 11.0. The van der Waals surface area contributed by atoms with Crippen molar-refractivity contribution in [2.24, 2.45) is 0 Å². The summed E-state index contributed by atoms with van der Waals surface area (Å²) in [5.74, 6) is -0.319. The van der Waals surface area contributed by atoms with Crippen molar-refractivity contribution in [2.45, 2.75) is 46.3 Å². The summed E-state index contributed by atoms with van der Waals surface area (Å²) in [7, 11) is 0. The second-order valence-corrected chi connectivity index (χ2v) is 3.39. The fourth-order valence-corrected chi connectivity index (χ4v) is 0.939. The predicted octanol–water partition coefficient (Wildman–Crippen LogP) is 2.23. The topological polar surface area (TPSA) is 38.3 Å². The maximum absolute atomic E-state index is 11.2. The second-order valence-electron chi connectivity index (χ2n) is 3.39. The van der Waals surface area contributed by atoms with Gasteiger partial charge in [-0.2, -0.15) is 0 Å². The van der Waals surface area contributed by atoms with Gasteiger partial charge in [-0.15, -0.1) is 0 Å². The molecule has 0 aliphatic rings. The molecule has 0 fully saturated rings. The first kappa shape index (κ1) is 13.2. The molecule has 1 N–H and O–H groups in total. The molecule has 0 saturated heterocycles. The van der Waals surface area contributed by atoms with Crippen molar-refractivity contribution in [2.75, 3.05) is 6.54 Å². The fraction of sp³-hybridized carbons (Fsp3) is 0.727. The minimum atomic E-state index is -0.319. The third-order valence-corrected chi connectivity index (χ3v) is 1.87. The molecule has 1 atom stereocenters. The van der Waals surface area contributed by atoms with Crippen LogP contribution in [-0.4, -0.2) is 18.7 Å². The minimum Gasteiger partial charge on any atom is -0.443 e. The quantitative estimate of drug-likeness (QED) is 0.296. The van der Waals surface area contributed by atoms with Crippen LogP contribution in [0.4, 0.5) is 0 Å². The van der Waals surface area contributed by atoms with Crippen LogP contribution >= 0.6 is 0 Å². The van der Waals surface area contributed by atoms with Crippen molar-refractivity contribution in [3.05, 3.63) is 12.2 Å². The van der Waals surface area contributed by atoms with Crippen molar-refractivity contribution in [3.63, 3.8) is 0 Å². The molecular formula is C11H21NO2. The molecule has 0 radical (unpaired) electrons. The standard InChI is InChI=1S/C11H21NO2/c1-5-7-8-12-10(6-2)14-11(13)9(3)4/h10,12H,3,5-8H2,1-2,4H3. The molecular weight excluding hydrogens is 178 g/mol. The van der Waals surface area contributed by atoms with Crippen molar-refractivity contribution >= 4 is 5.97 Å². The number of unbranched alkanes of at least 4 members (excludes halogenated alkanes) is 1. The van der Waals surface area contributed by atoms with Gasteiger partial charge in [0.15, 0.2) is 6.23 Å². The van der Waals surface area contributed by atoms with E-state index in [2.05, 4.69) is 18.8 Å². The summed E-state index contributed by atoms with van der Waals surface area (Å²) in [6.45, 7) is 10.2. The summed E-state index contributed by atoms with van der Waals surface area (Å²) >= 11 is 0. The smallest absolute Gasteiger partial charge is 0.334 e. The van der Waals surface area contributed by atoms with Gasteiger partial charge in [0.25, 0.3) is 0 Å². The molecule has 82 valence electrons. The Morgan fingerprint density at radius 1 is 1.50 bits per heavy atom. The van der Waals surface area contributed by atoms with Crippen LogP contribution in [0.25, 0.3) is 0 Å². The van der Waals surface area contributed by atoms with Crippen LogP contribution in [0.3, 0.4) is 0 Å². The average molecular weight is 199 g/mol. The van der Waals surface area contributed by atoms with Crippen LogP contribution in [-0.2, 0) is 9.53 Å². The van der Waals surface area contributed by atoms with Gasteiger partial charge < -0.3 is 4.74 Å². The van der Waals surface area contributed by atoms with Crippen molar-refractivity contribution in [3.8, 4) is 0 Å². The maximum atomic E-state index is 11.2. The van der Waals surface area contributed by atoms with Gasteiger partial charge in [-0.05, 0) is 26.3 Å². The lowest BCUT2D eigenvalue weighted by Crippen LogP contribution is -2.34. The van der Waals surface area contributed by atoms with Gasteiger partial charge in [0, 0.05) is 5.57 Å². The van der Waals surface area contributed by atoms with Crippen LogP contribution in [0.1, 0.15) is 40.0 Å². The number of hydrogen-bond acceptors (Lipinski definition) is 3. The molecule has 0 saturated carbocycles. The first-order chi connectivity index (χ1) is 6.61. The Morgan fingerprint density at radius 3 is 2.57 bits per heavy atom. The molecule has 1 unspecified atom stereocenters. The predicted molar refractivity (Wildman–Crippen MR) is 57.9 cm³/mol. The number of carbonyl (C=O) groups excluding carboxylic acids is 1. The van der Waals surface area contributed by atoms with Gasteiger partial charge in [-0.25, -0.2) is 4.79 Å². The highest BCUT2D eigenvalue weighted by Crippen LogP contribution is 2.00. The van der Waals surface area contributed by atoms with Crippen molar-refractivity contribution in [1.29, 1.82) is 0 Å². The summed E-state index contributed by atoms with van der Waals surface area (Å²) in [6, 6.07) is 0. The Balaban J connectivity index is 3.78. The molecule has 3 heteroatoms. The third kappa shape index (κ3) is 5.75. The molecule has 0 aromatic heterocycles. The zero-order valence-corrected chi connectivity index (χ0v) is 9.43. The summed E-state index contributed by atoms with van der Waals surface area (Å²) in [4.78, 5) is 11.2. The molecule has 0 aliphatic carbocycles. The van der Waals surface area contributed by atoms with Gasteiger partial charge in [0.2, 0.25) is 0 Å². The van der Waals surface area contributed by atoms with E-state index >= 15 is 0 Å². The summed E-state index contributed by atoms with van der Waals surface area (Å²) in [5.41, 5.74) is 0.445. The lowest BCUT2D eigenvalue weighted by atomic mass is 10.3. The Labute approximate surface area is 86.5 Å². The van der Waals surface area contributed by atoms with E-state index in [-0.39, 0.29) is 12.2 Å². The number of carbonyl (C=O) groups is 1. The zero-order valence-electron chi connectivity index (χ0n) is 9.43. The molecule has 0 aliphatic heterocycles. The van der Waals surface area contributed by atoms with Gasteiger partial charge in [-0.3, -0.25) is 5.32 Å². The minimum absolute atomic E-state index is 0.175. The number of hydrogen-bond donors (Lipinski definition) is 1. The molecule has 14 heavy (non-hydrogen) atoms. The van der Waals surface area contributed by atoms with E-state index in [0.717, 1.165) is 25.8 Å². The monoisotopic (exact) mass is 199 g/mol. The van der Waals surface area contributed by atoms with Gasteiger partial charge in [-0.1, -0.05) is 26.8 Å². The average Bonchev–Trinajstić information content (AvgIpc) is 2.16. The van der Waals surface area contributed by atoms with Crippen LogP contribution in [0.15, 0.2) is 12.2 Å². The molecule has 0 aromatic carbocycles. The van der Waals surface area contributed by atoms with E-state index in [9.17, 15) is 4.79 Å². The molecule has 3 nitrogen and oxygen atoms in total. The van der Waals surface area contributed by atoms with Gasteiger partial charge in [0.05, 0.1) is 0 Å². The van der Waals surface area contributed by atoms with Crippen LogP contribution in [0.5, 0.6) is 0 Å². The first-order valence-corrected chi connectivity index (χ1v) is 5.21. The van der Waals surface area contributed by atoms with E-state index < -0.39 is 0 Å². The lowest BCUT2D eigenvalue weighted by molar-refractivity contribution is -0.145. The number of rotatable bonds is 7. The SMILES string of the molecule is C=C(C)C(=O)OC(CC)NCCCC. The number of ether oxygens (including phenoxy) is 1. The van der Waals surface area contributed by atoms with E-state index in [1.165, 1.54) is 0 Å². The van der Waals surface area contributed by atoms with Crippen molar-refractivity contribution < 1.29 is 9.53 Å². The fourth-order valence-electron chi connectivity index (χ4n) is 0.939. The number of esters is 1. The van der Waals surface area contributed by atoms with Crippen LogP contribution in [0, 0.1) is 0 Å². The largest absolute Gasteiger partial charge is 0.443 e. The van der Waals surface area contributed by atoms with Crippen LogP contribution < -0.4 is 5.32 Å². The lowest BCUT2D eigenvalue weighted by Gasteiger charge is -2.17. The molecule has 0 rings (SSSR count). The van der Waals surface area contributed by atoms with Gasteiger partial charge in [0.1, 0.15) is 0 Å². The first-order valence-electron chi connectivity index (χ1n) is 5.21. The Bertz CT molecular complexity index is 190. The molecule has 0 spiro atoms. The normalized spacial score (nSPS) is 12.2. The Morgan fingerprint density at radius 2 is 2.14 bits per heavy atom. The van der Waals surface area contributed by atoms with E-state index in [1.807, 2.05) is 6.92 Å². The Kier molecular flexibility index (Phi) is 7.11. The number of nitrogens with one attached hydrogen (secondary N) is 1. The van der Waals surface area contributed by atoms with E-state index in [4.69, 9.17) is 4.74 Å². The molecule has 0 amide bonds. The third-order valence-electron chi connectivity index (χ3n) is 1.87. The summed E-state index contributed by atoms with van der Waals surface area (Å²) in [5, 5.41) is 3.17. The van der Waals surface area contributed by atoms with E-state index in [1.54, 1.807) is 6.92 Å². The summed E-state index contributed by atoms with van der Waals surface area (Å²) < 4.78 is 5.16.